The van der Waals surface area contributed by atoms with Crippen LogP contribution in [0.3, 0.4) is 0 Å². The molecule has 0 spiro atoms. The largest absolute Gasteiger partial charge is 0.466 e. The Bertz CT molecular complexity index is 848. The molecule has 29 heavy (non-hydrogen) atoms. The molecule has 2 N–H and O–H groups in total. The Morgan fingerprint density at radius 2 is 1.86 bits per heavy atom. The normalized spacial score (nSPS) is 20.0. The number of rotatable bonds is 6. The number of carbonyl (C=O) groups is 2. The average Bonchev–Trinajstić information content (AvgIpc) is 2.72. The second-order valence-electron chi connectivity index (χ2n) is 7.48. The van der Waals surface area contributed by atoms with Gasteiger partial charge in [-0.3, -0.25) is 9.59 Å². The van der Waals surface area contributed by atoms with Crippen LogP contribution in [0.25, 0.3) is 0 Å². The summed E-state index contributed by atoms with van der Waals surface area (Å²) in [7, 11) is 0. The van der Waals surface area contributed by atoms with E-state index in [4.69, 9.17) is 16.3 Å². The van der Waals surface area contributed by atoms with Crippen molar-refractivity contribution in [3.8, 4) is 0 Å². The molecule has 1 fully saturated rings. The molecule has 0 unspecified atom stereocenters. The van der Waals surface area contributed by atoms with Crippen molar-refractivity contribution in [2.24, 2.45) is 5.92 Å². The Balaban J connectivity index is 1.76. The van der Waals surface area contributed by atoms with Gasteiger partial charge >= 0.3 is 5.97 Å². The van der Waals surface area contributed by atoms with E-state index in [1.165, 1.54) is 0 Å². The summed E-state index contributed by atoms with van der Waals surface area (Å²) >= 11 is 6.21. The summed E-state index contributed by atoms with van der Waals surface area (Å²) < 4.78 is 5.17. The van der Waals surface area contributed by atoms with E-state index < -0.39 is 0 Å². The second-order valence-corrected chi connectivity index (χ2v) is 7.89. The molecule has 154 valence electrons. The molecule has 1 atom stereocenters. The number of benzene rings is 2. The van der Waals surface area contributed by atoms with Crippen LogP contribution < -0.4 is 10.2 Å². The van der Waals surface area contributed by atoms with Gasteiger partial charge in [0.15, 0.2) is 6.04 Å². The van der Waals surface area contributed by atoms with Crippen LogP contribution in [0.2, 0.25) is 5.02 Å². The van der Waals surface area contributed by atoms with E-state index in [1.54, 1.807) is 6.07 Å². The molecule has 3 rings (SSSR count). The number of halogens is 1. The Labute approximate surface area is 177 Å². The Morgan fingerprint density at radius 3 is 2.48 bits per heavy atom. The first kappa shape index (κ1) is 21.3. The van der Waals surface area contributed by atoms with Gasteiger partial charge in [0.25, 0.3) is 5.91 Å². The first-order valence-corrected chi connectivity index (χ1v) is 10.5. The van der Waals surface area contributed by atoms with Crippen LogP contribution in [0, 0.1) is 12.8 Å². The SMILES string of the molecule is CCOC(=O)C1CC[NH+]([C@H](C(=O)Nc2ccc(C)c(Cl)c2)c2ccccc2)CC1. The van der Waals surface area contributed by atoms with Crippen LogP contribution in [0.15, 0.2) is 48.5 Å². The molecule has 5 nitrogen and oxygen atoms in total. The highest BCUT2D eigenvalue weighted by Crippen LogP contribution is 2.22. The molecular formula is C23H28ClN2O3+. The van der Waals surface area contributed by atoms with Gasteiger partial charge in [-0.05, 0) is 31.5 Å². The summed E-state index contributed by atoms with van der Waals surface area (Å²) in [4.78, 5) is 26.5. The summed E-state index contributed by atoms with van der Waals surface area (Å²) in [6.45, 7) is 5.64. The highest BCUT2D eigenvalue weighted by molar-refractivity contribution is 6.31. The third-order valence-corrected chi connectivity index (χ3v) is 5.90. The lowest BCUT2D eigenvalue weighted by atomic mass is 9.94. The van der Waals surface area contributed by atoms with E-state index in [0.29, 0.717) is 17.3 Å². The van der Waals surface area contributed by atoms with E-state index in [-0.39, 0.29) is 23.8 Å². The maximum atomic E-state index is 13.3. The van der Waals surface area contributed by atoms with Gasteiger partial charge in [0.2, 0.25) is 0 Å². The van der Waals surface area contributed by atoms with Gasteiger partial charge in [-0.1, -0.05) is 48.0 Å². The minimum Gasteiger partial charge on any atom is -0.466 e. The molecule has 6 heteroatoms. The number of carbonyl (C=O) groups excluding carboxylic acids is 2. The van der Waals surface area contributed by atoms with Crippen LogP contribution in [-0.2, 0) is 14.3 Å². The van der Waals surface area contributed by atoms with Gasteiger partial charge in [-0.15, -0.1) is 0 Å². The summed E-state index contributed by atoms with van der Waals surface area (Å²) in [5, 5.41) is 3.65. The number of hydrogen-bond donors (Lipinski definition) is 2. The summed E-state index contributed by atoms with van der Waals surface area (Å²) in [6, 6.07) is 15.0. The lowest BCUT2D eigenvalue weighted by molar-refractivity contribution is -0.927. The molecule has 0 bridgehead atoms. The van der Waals surface area contributed by atoms with Crippen LogP contribution in [0.4, 0.5) is 5.69 Å². The number of nitrogens with one attached hydrogen (secondary N) is 2. The standard InChI is InChI=1S/C23H27ClN2O3/c1-3-29-23(28)18-11-13-26(14-12-18)21(17-7-5-4-6-8-17)22(27)25-19-10-9-16(2)20(24)15-19/h4-10,15,18,21H,3,11-14H2,1-2H3,(H,25,27)/p+1/t21-/m0/s1. The third kappa shape index (κ3) is 5.37. The molecular weight excluding hydrogens is 388 g/mol. The van der Waals surface area contributed by atoms with Crippen molar-refractivity contribution in [1.29, 1.82) is 0 Å². The Hall–Kier alpha value is -2.37. The van der Waals surface area contributed by atoms with Crippen LogP contribution in [0.1, 0.15) is 36.9 Å². The summed E-state index contributed by atoms with van der Waals surface area (Å²) in [5.41, 5.74) is 2.62. The van der Waals surface area contributed by atoms with Crippen molar-refractivity contribution in [1.82, 2.24) is 0 Å². The maximum absolute atomic E-state index is 13.3. The molecule has 2 aromatic rings. The minimum absolute atomic E-state index is 0.0688. The molecule has 0 aromatic heterocycles. The van der Waals surface area contributed by atoms with Gasteiger partial charge in [-0.25, -0.2) is 0 Å². The highest BCUT2D eigenvalue weighted by atomic mass is 35.5. The van der Waals surface area contributed by atoms with Crippen molar-refractivity contribution >= 4 is 29.2 Å². The average molecular weight is 416 g/mol. The first-order valence-electron chi connectivity index (χ1n) is 10.1. The molecule has 0 radical (unpaired) electrons. The maximum Gasteiger partial charge on any atom is 0.309 e. The van der Waals surface area contributed by atoms with E-state index in [9.17, 15) is 9.59 Å². The topological polar surface area (TPSA) is 59.8 Å². The van der Waals surface area contributed by atoms with Gasteiger partial charge in [0.05, 0.1) is 25.6 Å². The van der Waals surface area contributed by atoms with Crippen molar-refractivity contribution < 1.29 is 19.2 Å². The summed E-state index contributed by atoms with van der Waals surface area (Å²) in [6.07, 6.45) is 1.45. The predicted molar refractivity (Wildman–Crippen MR) is 114 cm³/mol. The quantitative estimate of drug-likeness (QED) is 0.712. The number of esters is 1. The number of piperidine rings is 1. The van der Waals surface area contributed by atoms with Crippen molar-refractivity contribution in [3.63, 3.8) is 0 Å². The fourth-order valence-corrected chi connectivity index (χ4v) is 4.06. The van der Waals surface area contributed by atoms with Crippen molar-refractivity contribution in [2.45, 2.75) is 32.7 Å². The van der Waals surface area contributed by atoms with E-state index in [2.05, 4.69) is 5.32 Å². The fraction of sp³-hybridized carbons (Fsp3) is 0.391. The fourth-order valence-electron chi connectivity index (χ4n) is 3.88. The number of likely N-dealkylation sites (tertiary alicyclic amines) is 1. The van der Waals surface area contributed by atoms with Crippen LogP contribution in [-0.4, -0.2) is 31.6 Å². The molecule has 0 aliphatic carbocycles. The number of hydrogen-bond acceptors (Lipinski definition) is 3. The zero-order valence-electron chi connectivity index (χ0n) is 16.9. The highest BCUT2D eigenvalue weighted by Gasteiger charge is 2.37. The minimum atomic E-state index is -0.348. The third-order valence-electron chi connectivity index (χ3n) is 5.49. The number of quaternary nitrogens is 1. The molecule has 1 amide bonds. The first-order chi connectivity index (χ1) is 14.0. The zero-order chi connectivity index (χ0) is 20.8. The number of ether oxygens (including phenoxy) is 1. The second kappa shape index (κ2) is 9.90. The van der Waals surface area contributed by atoms with Gasteiger partial charge < -0.3 is 15.0 Å². The molecule has 1 aliphatic heterocycles. The zero-order valence-corrected chi connectivity index (χ0v) is 17.7. The lowest BCUT2D eigenvalue weighted by Crippen LogP contribution is -3.14. The molecule has 0 saturated carbocycles. The lowest BCUT2D eigenvalue weighted by Gasteiger charge is -2.33. The smallest absolute Gasteiger partial charge is 0.309 e. The van der Waals surface area contributed by atoms with Gasteiger partial charge in [0, 0.05) is 29.1 Å². The molecule has 1 aliphatic rings. The van der Waals surface area contributed by atoms with Gasteiger partial charge in [0.1, 0.15) is 0 Å². The Morgan fingerprint density at radius 1 is 1.17 bits per heavy atom. The van der Waals surface area contributed by atoms with Crippen molar-refractivity contribution in [2.75, 3.05) is 25.0 Å². The Kier molecular flexibility index (Phi) is 7.29. The van der Waals surface area contributed by atoms with Crippen LogP contribution in [0.5, 0.6) is 0 Å². The molecule has 1 saturated heterocycles. The number of anilines is 1. The molecule has 1 heterocycles. The van der Waals surface area contributed by atoms with E-state index in [1.807, 2.05) is 56.3 Å². The number of amides is 1. The van der Waals surface area contributed by atoms with Gasteiger partial charge in [-0.2, -0.15) is 0 Å². The van der Waals surface area contributed by atoms with E-state index >= 15 is 0 Å². The number of aryl methyl sites for hydroxylation is 1. The van der Waals surface area contributed by atoms with Crippen molar-refractivity contribution in [3.05, 3.63) is 64.7 Å². The summed E-state index contributed by atoms with van der Waals surface area (Å²) in [5.74, 6) is -0.267. The molecule has 2 aromatic carbocycles. The monoisotopic (exact) mass is 415 g/mol. The van der Waals surface area contributed by atoms with Crippen LogP contribution >= 0.6 is 11.6 Å². The van der Waals surface area contributed by atoms with E-state index in [0.717, 1.165) is 42.0 Å². The predicted octanol–water partition coefficient (Wildman–Crippen LogP) is 3.19.